The molecule has 2 aromatic heterocycles. The van der Waals surface area contributed by atoms with E-state index in [1.54, 1.807) is 23.7 Å². The van der Waals surface area contributed by atoms with Crippen LogP contribution < -0.4 is 10.6 Å². The molecule has 3 rings (SSSR count). The molecule has 0 radical (unpaired) electrons. The number of amides is 1. The molecule has 0 fully saturated rings. The largest absolute Gasteiger partial charge is 0.317 e. The molecule has 0 saturated carbocycles. The summed E-state index contributed by atoms with van der Waals surface area (Å²) in [5.41, 5.74) is 3.35. The number of hydrogen-bond donors (Lipinski definition) is 2. The van der Waals surface area contributed by atoms with Crippen molar-refractivity contribution in [2.75, 3.05) is 11.9 Å². The van der Waals surface area contributed by atoms with E-state index in [1.165, 1.54) is 23.7 Å². The average molecular weight is 274 g/mol. The monoisotopic (exact) mass is 274 g/mol. The van der Waals surface area contributed by atoms with Crippen LogP contribution in [0.5, 0.6) is 0 Å². The molecule has 0 aliphatic carbocycles. The molecule has 0 saturated heterocycles. The van der Waals surface area contributed by atoms with Crippen LogP contribution in [0.2, 0.25) is 0 Å². The second kappa shape index (κ2) is 5.07. The van der Waals surface area contributed by atoms with Crippen LogP contribution in [-0.4, -0.2) is 22.4 Å². The molecule has 1 aliphatic heterocycles. The zero-order valence-electron chi connectivity index (χ0n) is 10.6. The quantitative estimate of drug-likeness (QED) is 0.876. The molecule has 1 amide bonds. The summed E-state index contributed by atoms with van der Waals surface area (Å²) < 4.78 is 0. The standard InChI is InChI=1S/C13H14N4OS/c1-8(18)17-13-12(9-4-15-7-16-5-9)10-2-3-14-6-11(10)19-13/h4-5,7,14H,2-3,6H2,1H3,(H,17,18). The van der Waals surface area contributed by atoms with Crippen molar-refractivity contribution in [2.45, 2.75) is 19.9 Å². The molecule has 0 bridgehead atoms. The van der Waals surface area contributed by atoms with Gasteiger partial charge in [0.1, 0.15) is 11.3 Å². The Balaban J connectivity index is 2.14. The van der Waals surface area contributed by atoms with Gasteiger partial charge in [0, 0.05) is 41.9 Å². The molecule has 0 atom stereocenters. The summed E-state index contributed by atoms with van der Waals surface area (Å²) in [5, 5.41) is 7.18. The number of anilines is 1. The highest BCUT2D eigenvalue weighted by molar-refractivity contribution is 7.17. The third kappa shape index (κ3) is 2.36. The molecule has 1 aliphatic rings. The third-order valence-electron chi connectivity index (χ3n) is 3.07. The summed E-state index contributed by atoms with van der Waals surface area (Å²) in [6, 6.07) is 0. The highest BCUT2D eigenvalue weighted by Crippen LogP contribution is 2.41. The van der Waals surface area contributed by atoms with Crippen molar-refractivity contribution in [1.29, 1.82) is 0 Å². The summed E-state index contributed by atoms with van der Waals surface area (Å²) in [5.74, 6) is -0.0512. The predicted molar refractivity (Wildman–Crippen MR) is 75.1 cm³/mol. The van der Waals surface area contributed by atoms with Crippen molar-refractivity contribution >= 4 is 22.2 Å². The number of carbonyl (C=O) groups is 1. The van der Waals surface area contributed by atoms with Crippen LogP contribution in [0.25, 0.3) is 11.1 Å². The van der Waals surface area contributed by atoms with Gasteiger partial charge in [-0.05, 0) is 18.5 Å². The Kier molecular flexibility index (Phi) is 3.27. The first-order valence-corrected chi connectivity index (χ1v) is 6.95. The van der Waals surface area contributed by atoms with Crippen LogP contribution in [-0.2, 0) is 17.8 Å². The smallest absolute Gasteiger partial charge is 0.221 e. The number of fused-ring (bicyclic) bond motifs is 1. The number of rotatable bonds is 2. The maximum absolute atomic E-state index is 11.4. The van der Waals surface area contributed by atoms with Crippen LogP contribution in [0.4, 0.5) is 5.00 Å². The third-order valence-corrected chi connectivity index (χ3v) is 4.21. The van der Waals surface area contributed by atoms with Gasteiger partial charge in [0.15, 0.2) is 0 Å². The Morgan fingerprint density at radius 3 is 2.95 bits per heavy atom. The van der Waals surface area contributed by atoms with E-state index in [0.717, 1.165) is 35.6 Å². The number of nitrogens with one attached hydrogen (secondary N) is 2. The summed E-state index contributed by atoms with van der Waals surface area (Å²) in [6.07, 6.45) is 6.07. The van der Waals surface area contributed by atoms with E-state index < -0.39 is 0 Å². The van der Waals surface area contributed by atoms with E-state index in [9.17, 15) is 4.79 Å². The lowest BCUT2D eigenvalue weighted by Gasteiger charge is -2.14. The van der Waals surface area contributed by atoms with Crippen LogP contribution in [0.1, 0.15) is 17.4 Å². The maximum atomic E-state index is 11.4. The van der Waals surface area contributed by atoms with Gasteiger partial charge in [-0.15, -0.1) is 11.3 Å². The molecule has 6 heteroatoms. The second-order valence-electron chi connectivity index (χ2n) is 4.44. The number of nitrogens with zero attached hydrogens (tertiary/aromatic N) is 2. The Labute approximate surface area is 115 Å². The van der Waals surface area contributed by atoms with E-state index in [0.29, 0.717) is 0 Å². The SMILES string of the molecule is CC(=O)Nc1sc2c(c1-c1cncnc1)CCNC2. The maximum Gasteiger partial charge on any atom is 0.221 e. The fourth-order valence-electron chi connectivity index (χ4n) is 2.32. The molecule has 3 heterocycles. The molecule has 5 nitrogen and oxygen atoms in total. The van der Waals surface area contributed by atoms with Gasteiger partial charge in [-0.2, -0.15) is 0 Å². The Morgan fingerprint density at radius 1 is 1.42 bits per heavy atom. The zero-order chi connectivity index (χ0) is 13.2. The minimum atomic E-state index is -0.0512. The topological polar surface area (TPSA) is 66.9 Å². The van der Waals surface area contributed by atoms with Crippen LogP contribution in [0.3, 0.4) is 0 Å². The van der Waals surface area contributed by atoms with Crippen molar-refractivity contribution in [2.24, 2.45) is 0 Å². The Hall–Kier alpha value is -1.79. The van der Waals surface area contributed by atoms with Crippen molar-refractivity contribution in [3.63, 3.8) is 0 Å². The van der Waals surface area contributed by atoms with E-state index >= 15 is 0 Å². The fraction of sp³-hybridized carbons (Fsp3) is 0.308. The second-order valence-corrected chi connectivity index (χ2v) is 5.55. The van der Waals surface area contributed by atoms with E-state index in [-0.39, 0.29) is 5.91 Å². The van der Waals surface area contributed by atoms with E-state index in [2.05, 4.69) is 20.6 Å². The molecule has 0 unspecified atom stereocenters. The number of hydrogen-bond acceptors (Lipinski definition) is 5. The molecule has 2 N–H and O–H groups in total. The van der Waals surface area contributed by atoms with Crippen molar-refractivity contribution in [3.8, 4) is 11.1 Å². The van der Waals surface area contributed by atoms with Gasteiger partial charge in [0.05, 0.1) is 0 Å². The van der Waals surface area contributed by atoms with Gasteiger partial charge in [-0.3, -0.25) is 4.79 Å². The predicted octanol–water partition coefficient (Wildman–Crippen LogP) is 1.81. The first-order valence-electron chi connectivity index (χ1n) is 6.14. The molecule has 98 valence electrons. The number of aromatic nitrogens is 2. The highest BCUT2D eigenvalue weighted by Gasteiger charge is 2.22. The first-order chi connectivity index (χ1) is 9.25. The van der Waals surface area contributed by atoms with Gasteiger partial charge in [0.25, 0.3) is 0 Å². The normalized spacial score (nSPS) is 13.9. The number of thiophene rings is 1. The van der Waals surface area contributed by atoms with E-state index in [1.807, 2.05) is 0 Å². The number of carbonyl (C=O) groups excluding carboxylic acids is 1. The van der Waals surface area contributed by atoms with E-state index in [4.69, 9.17) is 0 Å². The average Bonchev–Trinajstić information content (AvgIpc) is 2.76. The lowest BCUT2D eigenvalue weighted by Crippen LogP contribution is -2.22. The summed E-state index contributed by atoms with van der Waals surface area (Å²) >= 11 is 1.64. The van der Waals surface area contributed by atoms with Crippen molar-refractivity contribution in [1.82, 2.24) is 15.3 Å². The van der Waals surface area contributed by atoms with Crippen LogP contribution >= 0.6 is 11.3 Å². The lowest BCUT2D eigenvalue weighted by atomic mass is 10.00. The Bertz CT molecular complexity index is 609. The molecule has 0 spiro atoms. The minimum Gasteiger partial charge on any atom is -0.317 e. The van der Waals surface area contributed by atoms with Crippen molar-refractivity contribution in [3.05, 3.63) is 29.2 Å². The molecule has 19 heavy (non-hydrogen) atoms. The molecular weight excluding hydrogens is 260 g/mol. The summed E-state index contributed by atoms with van der Waals surface area (Å²) in [6.45, 7) is 3.35. The van der Waals surface area contributed by atoms with Gasteiger partial charge in [-0.25, -0.2) is 9.97 Å². The summed E-state index contributed by atoms with van der Waals surface area (Å²) in [7, 11) is 0. The molecule has 2 aromatic rings. The molecule has 0 aromatic carbocycles. The highest BCUT2D eigenvalue weighted by atomic mass is 32.1. The van der Waals surface area contributed by atoms with Gasteiger partial charge in [0.2, 0.25) is 5.91 Å². The van der Waals surface area contributed by atoms with Crippen LogP contribution in [0.15, 0.2) is 18.7 Å². The van der Waals surface area contributed by atoms with Gasteiger partial charge < -0.3 is 10.6 Å². The zero-order valence-corrected chi connectivity index (χ0v) is 11.4. The van der Waals surface area contributed by atoms with Crippen molar-refractivity contribution < 1.29 is 4.79 Å². The van der Waals surface area contributed by atoms with Gasteiger partial charge in [-0.1, -0.05) is 0 Å². The Morgan fingerprint density at radius 2 is 2.21 bits per heavy atom. The fourth-order valence-corrected chi connectivity index (χ4v) is 3.60. The van der Waals surface area contributed by atoms with Crippen LogP contribution in [0, 0.1) is 0 Å². The lowest BCUT2D eigenvalue weighted by molar-refractivity contribution is -0.114. The summed E-state index contributed by atoms with van der Waals surface area (Å²) in [4.78, 5) is 20.8. The minimum absolute atomic E-state index is 0.0512. The van der Waals surface area contributed by atoms with Gasteiger partial charge >= 0.3 is 0 Å². The first kappa shape index (κ1) is 12.3. The molecular formula is C13H14N4OS.